The highest BCUT2D eigenvalue weighted by molar-refractivity contribution is 6.31. The molecule has 1 amide bonds. The van der Waals surface area contributed by atoms with Crippen molar-refractivity contribution in [1.82, 2.24) is 19.6 Å². The third kappa shape index (κ3) is 5.92. The van der Waals surface area contributed by atoms with Crippen LogP contribution >= 0.6 is 11.6 Å². The molecule has 2 aromatic heterocycles. The summed E-state index contributed by atoms with van der Waals surface area (Å²) in [6.07, 6.45) is 5.69. The van der Waals surface area contributed by atoms with E-state index in [4.69, 9.17) is 11.6 Å². The number of hydrogen-bond donors (Lipinski definition) is 1. The van der Waals surface area contributed by atoms with Gasteiger partial charge in [-0.2, -0.15) is 10.2 Å². The first-order valence-corrected chi connectivity index (χ1v) is 8.98. The summed E-state index contributed by atoms with van der Waals surface area (Å²) in [7, 11) is 4.23. The van der Waals surface area contributed by atoms with E-state index < -0.39 is 23.9 Å². The van der Waals surface area contributed by atoms with E-state index in [-0.39, 0.29) is 12.8 Å². The second-order valence-electron chi connectivity index (χ2n) is 6.16. The molecule has 0 aliphatic carbocycles. The van der Waals surface area contributed by atoms with E-state index in [1.165, 1.54) is 42.1 Å². The topological polar surface area (TPSA) is 117 Å². The van der Waals surface area contributed by atoms with Crippen LogP contribution in [0.3, 0.4) is 0 Å². The van der Waals surface area contributed by atoms with Crippen LogP contribution in [0.25, 0.3) is 6.08 Å². The zero-order valence-electron chi connectivity index (χ0n) is 16.5. The van der Waals surface area contributed by atoms with Crippen molar-refractivity contribution < 1.29 is 23.9 Å². The fraction of sp³-hybridized carbons (Fsp3) is 0.389. The third-order valence-electron chi connectivity index (χ3n) is 4.10. The number of carbonyl (C=O) groups is 3. The number of ether oxygens (including phenoxy) is 2. The summed E-state index contributed by atoms with van der Waals surface area (Å²) in [5, 5.41) is 11.4. The number of esters is 2. The molecule has 0 unspecified atom stereocenters. The molecule has 0 radical (unpaired) electrons. The molecule has 2 aromatic rings. The Balaban J connectivity index is 2.08. The van der Waals surface area contributed by atoms with Gasteiger partial charge in [0.1, 0.15) is 5.15 Å². The van der Waals surface area contributed by atoms with Crippen molar-refractivity contribution in [3.05, 3.63) is 34.9 Å². The molecule has 0 aromatic carbocycles. The van der Waals surface area contributed by atoms with Gasteiger partial charge in [0, 0.05) is 24.9 Å². The van der Waals surface area contributed by atoms with Gasteiger partial charge in [0.25, 0.3) is 0 Å². The van der Waals surface area contributed by atoms with Gasteiger partial charge in [0.15, 0.2) is 0 Å². The van der Waals surface area contributed by atoms with Crippen molar-refractivity contribution in [3.63, 3.8) is 0 Å². The van der Waals surface area contributed by atoms with E-state index in [9.17, 15) is 14.4 Å². The monoisotopic (exact) mass is 423 g/mol. The van der Waals surface area contributed by atoms with E-state index in [1.54, 1.807) is 20.0 Å². The lowest BCUT2D eigenvalue weighted by atomic mass is 10.1. The van der Waals surface area contributed by atoms with E-state index in [0.29, 0.717) is 22.1 Å². The maximum absolute atomic E-state index is 12.2. The fourth-order valence-corrected chi connectivity index (χ4v) is 2.83. The number of halogens is 1. The van der Waals surface area contributed by atoms with Crippen LogP contribution in [0.5, 0.6) is 0 Å². The zero-order valence-corrected chi connectivity index (χ0v) is 17.3. The molecule has 0 bridgehead atoms. The largest absolute Gasteiger partial charge is 0.469 e. The van der Waals surface area contributed by atoms with Gasteiger partial charge in [-0.3, -0.25) is 23.7 Å². The van der Waals surface area contributed by atoms with Crippen LogP contribution in [-0.4, -0.2) is 51.6 Å². The van der Waals surface area contributed by atoms with Gasteiger partial charge >= 0.3 is 11.9 Å². The summed E-state index contributed by atoms with van der Waals surface area (Å²) >= 11 is 6.13. The highest BCUT2D eigenvalue weighted by atomic mass is 35.5. The lowest BCUT2D eigenvalue weighted by molar-refractivity contribution is -0.144. The van der Waals surface area contributed by atoms with Crippen molar-refractivity contribution in [2.45, 2.75) is 25.8 Å². The molecule has 0 fully saturated rings. The highest BCUT2D eigenvalue weighted by Crippen LogP contribution is 2.21. The second-order valence-corrected chi connectivity index (χ2v) is 6.52. The highest BCUT2D eigenvalue weighted by Gasteiger charge is 2.21. The predicted octanol–water partition coefficient (Wildman–Crippen LogP) is 1.90. The van der Waals surface area contributed by atoms with Crippen LogP contribution in [0.2, 0.25) is 5.15 Å². The maximum atomic E-state index is 12.2. The number of rotatable bonds is 8. The minimum atomic E-state index is -0.604. The maximum Gasteiger partial charge on any atom is 0.307 e. The molecule has 2 heterocycles. The fourth-order valence-electron chi connectivity index (χ4n) is 2.59. The Bertz CT molecular complexity index is 915. The Kier molecular flexibility index (Phi) is 7.54. The summed E-state index contributed by atoms with van der Waals surface area (Å²) in [6, 6.07) is -0.604. The lowest BCUT2D eigenvalue weighted by Crippen LogP contribution is -2.19. The predicted molar refractivity (Wildman–Crippen MR) is 105 cm³/mol. The molecule has 0 spiro atoms. The van der Waals surface area contributed by atoms with E-state index in [1.807, 2.05) is 0 Å². The van der Waals surface area contributed by atoms with Crippen LogP contribution in [0, 0.1) is 6.92 Å². The SMILES string of the molecule is COC(=O)CC(CC(=O)OC)n1cc(NC(=O)/C=C/c2c(C)nn(C)c2Cl)cn1. The van der Waals surface area contributed by atoms with Gasteiger partial charge in [-0.15, -0.1) is 0 Å². The minimum Gasteiger partial charge on any atom is -0.469 e. The minimum absolute atomic E-state index is 0.0701. The first-order chi connectivity index (χ1) is 13.7. The molecular formula is C18H22ClN5O5. The second kappa shape index (κ2) is 9.87. The number of hydrogen-bond acceptors (Lipinski definition) is 7. The molecular weight excluding hydrogens is 402 g/mol. The molecule has 10 nitrogen and oxygen atoms in total. The molecule has 1 N–H and O–H groups in total. The number of anilines is 1. The van der Waals surface area contributed by atoms with Crippen molar-refractivity contribution in [2.75, 3.05) is 19.5 Å². The molecule has 0 atom stereocenters. The van der Waals surface area contributed by atoms with Crippen molar-refractivity contribution in [1.29, 1.82) is 0 Å². The van der Waals surface area contributed by atoms with Crippen molar-refractivity contribution in [3.8, 4) is 0 Å². The zero-order chi connectivity index (χ0) is 21.6. The quantitative estimate of drug-likeness (QED) is 0.508. The summed E-state index contributed by atoms with van der Waals surface area (Å²) in [5.41, 5.74) is 1.74. The third-order valence-corrected chi connectivity index (χ3v) is 4.55. The van der Waals surface area contributed by atoms with Crippen molar-refractivity contribution in [2.24, 2.45) is 7.05 Å². The van der Waals surface area contributed by atoms with Gasteiger partial charge in [-0.1, -0.05) is 11.6 Å². The van der Waals surface area contributed by atoms with Crippen LogP contribution in [0.4, 0.5) is 5.69 Å². The first-order valence-electron chi connectivity index (χ1n) is 8.61. The average molecular weight is 424 g/mol. The molecule has 0 aliphatic heterocycles. The Morgan fingerprint density at radius 1 is 1.24 bits per heavy atom. The normalized spacial score (nSPS) is 11.1. The number of aryl methyl sites for hydroxylation is 2. The molecule has 0 aliphatic rings. The van der Waals surface area contributed by atoms with Gasteiger partial charge < -0.3 is 14.8 Å². The van der Waals surface area contributed by atoms with Gasteiger partial charge in [0.2, 0.25) is 5.91 Å². The van der Waals surface area contributed by atoms with Crippen LogP contribution in [0.15, 0.2) is 18.5 Å². The lowest BCUT2D eigenvalue weighted by Gasteiger charge is -2.15. The first kappa shape index (κ1) is 22.2. The molecule has 0 saturated heterocycles. The number of carbonyl (C=O) groups excluding carboxylic acids is 3. The van der Waals surface area contributed by atoms with E-state index >= 15 is 0 Å². The van der Waals surface area contributed by atoms with Crippen molar-refractivity contribution >= 4 is 41.2 Å². The van der Waals surface area contributed by atoms with Crippen LogP contribution in [-0.2, 0) is 30.9 Å². The Hall–Kier alpha value is -3.14. The molecule has 11 heteroatoms. The van der Waals surface area contributed by atoms with Gasteiger partial charge in [-0.25, -0.2) is 0 Å². The Labute approximate surface area is 172 Å². The van der Waals surface area contributed by atoms with Crippen LogP contribution < -0.4 is 5.32 Å². The average Bonchev–Trinajstić information content (AvgIpc) is 3.24. The van der Waals surface area contributed by atoms with Gasteiger partial charge in [-0.05, 0) is 13.0 Å². The number of methoxy groups -OCH3 is 2. The molecule has 0 saturated carbocycles. The van der Waals surface area contributed by atoms with Crippen LogP contribution in [0.1, 0.15) is 30.1 Å². The summed E-state index contributed by atoms with van der Waals surface area (Å²) < 4.78 is 12.2. The number of nitrogens with one attached hydrogen (secondary N) is 1. The molecule has 29 heavy (non-hydrogen) atoms. The Morgan fingerprint density at radius 3 is 2.38 bits per heavy atom. The summed E-state index contributed by atoms with van der Waals surface area (Å²) in [4.78, 5) is 35.4. The van der Waals surface area contributed by atoms with E-state index in [2.05, 4.69) is 25.0 Å². The summed E-state index contributed by atoms with van der Waals surface area (Å²) in [5.74, 6) is -1.39. The number of aromatic nitrogens is 4. The standard InChI is InChI=1S/C18H22ClN5O5/c1-11-14(18(19)23(2)22-11)5-6-15(25)21-12-9-20-24(10-12)13(7-16(26)28-3)8-17(27)29-4/h5-6,9-10,13H,7-8H2,1-4H3,(H,21,25)/b6-5+. The van der Waals surface area contributed by atoms with E-state index in [0.717, 1.165) is 0 Å². The smallest absolute Gasteiger partial charge is 0.307 e. The van der Waals surface area contributed by atoms with Gasteiger partial charge in [0.05, 0.1) is 50.7 Å². The summed E-state index contributed by atoms with van der Waals surface area (Å²) in [6.45, 7) is 1.79. The molecule has 2 rings (SSSR count). The molecule has 156 valence electrons. The number of nitrogens with zero attached hydrogens (tertiary/aromatic N) is 4. The number of amides is 1. The Morgan fingerprint density at radius 2 is 1.86 bits per heavy atom.